The molecule has 416 valence electrons. The summed E-state index contributed by atoms with van der Waals surface area (Å²) >= 11 is 0. The second kappa shape index (κ2) is 21.2. The first kappa shape index (κ1) is 52.0. The molecule has 19 rings (SSSR count). The van der Waals surface area contributed by atoms with E-state index in [-0.39, 0.29) is 11.6 Å². The van der Waals surface area contributed by atoms with Gasteiger partial charge < -0.3 is 18.5 Å². The van der Waals surface area contributed by atoms with Gasteiger partial charge in [-0.2, -0.15) is 0 Å². The highest BCUT2D eigenvalue weighted by molar-refractivity contribution is 6.31. The van der Waals surface area contributed by atoms with Crippen LogP contribution in [0.15, 0.2) is 296 Å². The fraction of sp³-hybridized carbons (Fsp3) is 0.0244. The predicted molar refractivity (Wildman–Crippen MR) is 365 cm³/mol. The minimum absolute atomic E-state index is 0.0865. The topological polar surface area (TPSA) is 72.9 Å². The van der Waals surface area contributed by atoms with E-state index in [0.717, 1.165) is 155 Å². The number of ketones is 2. The molecule has 88 heavy (non-hydrogen) atoms. The molecule has 4 aromatic heterocycles. The van der Waals surface area contributed by atoms with Gasteiger partial charge in [-0.1, -0.05) is 238 Å². The van der Waals surface area contributed by atoms with E-state index in [4.69, 9.17) is 4.42 Å². The van der Waals surface area contributed by atoms with Gasteiger partial charge in [0.2, 0.25) is 0 Å². The summed E-state index contributed by atoms with van der Waals surface area (Å²) in [6, 6.07) is 100. The SMILES string of the molecule is CC.O=C1c2ccccc2-c2ccc3c4cc(-c5ccc6c(c5)[nH]c5ccccc56)ccc4n(-c4ccccc4)c3c21.O=C1c2ccccc2-c2ccc3c4cc(-c5cccc6c5oc5ccccc56)ccc4n(-c4ccccc4)c3c21.c1ccccc1. The fourth-order valence-corrected chi connectivity index (χ4v) is 13.7. The molecular formula is C82H55N3O3. The lowest BCUT2D eigenvalue weighted by molar-refractivity contribution is 0.103. The standard InChI is InChI=1S/C37H22N2O.C37H21NO2.C6H6.C2H6/c40-37-30-12-5-4-10-25(30)28-17-18-29-31-20-22(23-14-16-27-26-11-6-7-13-32(26)38-33(27)21-23)15-19-34(31)39(36(29)35(28)37)24-8-2-1-3-9-24;39-36-29-13-5-4-11-25(29)27-18-19-28-31-21-22(24-14-8-15-30-26-12-6-7-16-33(26)40-37(24)30)17-20-32(31)38(35(28)34(27)36)23-9-2-1-3-10-23;1-2-4-6-5-3-1;1-2/h1-21,38H;1-21H;1-6H;1-2H3. The molecule has 2 aliphatic rings. The number of nitrogens with zero attached hydrogens (tertiary/aromatic N) is 2. The first-order valence-electron chi connectivity index (χ1n) is 30.1. The van der Waals surface area contributed by atoms with E-state index in [9.17, 15) is 9.59 Å². The fourth-order valence-electron chi connectivity index (χ4n) is 13.7. The third kappa shape index (κ3) is 8.18. The van der Waals surface area contributed by atoms with Crippen LogP contribution < -0.4 is 0 Å². The zero-order chi connectivity index (χ0) is 59.0. The molecule has 0 amide bonds. The molecule has 4 heterocycles. The third-order valence-corrected chi connectivity index (χ3v) is 17.5. The van der Waals surface area contributed by atoms with Gasteiger partial charge in [0.1, 0.15) is 11.2 Å². The molecule has 17 aromatic rings. The van der Waals surface area contributed by atoms with Crippen molar-refractivity contribution in [1.29, 1.82) is 0 Å². The third-order valence-electron chi connectivity index (χ3n) is 17.5. The van der Waals surface area contributed by atoms with Crippen LogP contribution in [0.3, 0.4) is 0 Å². The van der Waals surface area contributed by atoms with Gasteiger partial charge in [-0.05, 0) is 106 Å². The Morgan fingerprint density at radius 1 is 0.295 bits per heavy atom. The van der Waals surface area contributed by atoms with Crippen LogP contribution in [0.5, 0.6) is 0 Å². The monoisotopic (exact) mass is 1130 g/mol. The van der Waals surface area contributed by atoms with Crippen molar-refractivity contribution in [3.63, 3.8) is 0 Å². The number of fused-ring (bicyclic) bond motifs is 20. The van der Waals surface area contributed by atoms with Crippen LogP contribution in [-0.4, -0.2) is 25.7 Å². The van der Waals surface area contributed by atoms with Crippen molar-refractivity contribution >= 4 is 98.9 Å². The Balaban J connectivity index is 0.000000126. The first-order valence-corrected chi connectivity index (χ1v) is 30.1. The molecular weight excluding hydrogens is 1070 g/mol. The van der Waals surface area contributed by atoms with Crippen molar-refractivity contribution in [1.82, 2.24) is 14.1 Å². The van der Waals surface area contributed by atoms with Crippen LogP contribution in [-0.2, 0) is 0 Å². The molecule has 6 heteroatoms. The molecule has 0 radical (unpaired) electrons. The molecule has 0 saturated carbocycles. The second-order valence-electron chi connectivity index (χ2n) is 22.2. The van der Waals surface area contributed by atoms with E-state index in [2.05, 4.69) is 184 Å². The first-order chi connectivity index (χ1) is 43.5. The number of carbonyl (C=O) groups is 2. The number of para-hydroxylation sites is 5. The number of hydrogen-bond acceptors (Lipinski definition) is 3. The van der Waals surface area contributed by atoms with Crippen molar-refractivity contribution in [2.75, 3.05) is 0 Å². The van der Waals surface area contributed by atoms with Crippen LogP contribution in [0.25, 0.3) is 143 Å². The van der Waals surface area contributed by atoms with Gasteiger partial charge in [0.15, 0.2) is 11.6 Å². The maximum atomic E-state index is 13.9. The Kier molecular flexibility index (Phi) is 12.5. The maximum absolute atomic E-state index is 13.9. The summed E-state index contributed by atoms with van der Waals surface area (Å²) in [5, 5.41) is 9.11. The van der Waals surface area contributed by atoms with Crippen molar-refractivity contribution in [2.24, 2.45) is 0 Å². The quantitative estimate of drug-likeness (QED) is 0.191. The largest absolute Gasteiger partial charge is 0.455 e. The van der Waals surface area contributed by atoms with Crippen LogP contribution in [0.1, 0.15) is 45.7 Å². The number of furan rings is 1. The molecule has 0 bridgehead atoms. The molecule has 6 nitrogen and oxygen atoms in total. The highest BCUT2D eigenvalue weighted by Gasteiger charge is 2.33. The molecule has 0 atom stereocenters. The van der Waals surface area contributed by atoms with Gasteiger partial charge in [0.25, 0.3) is 0 Å². The number of aromatic nitrogens is 3. The molecule has 0 fully saturated rings. The summed E-state index contributed by atoms with van der Waals surface area (Å²) in [6.07, 6.45) is 0. The van der Waals surface area contributed by atoms with Crippen LogP contribution in [0, 0.1) is 0 Å². The van der Waals surface area contributed by atoms with Crippen LogP contribution >= 0.6 is 0 Å². The average Bonchev–Trinajstić information content (AvgIpc) is 1.61. The van der Waals surface area contributed by atoms with Gasteiger partial charge in [-0.25, -0.2) is 0 Å². The summed E-state index contributed by atoms with van der Waals surface area (Å²) in [6.45, 7) is 4.00. The summed E-state index contributed by atoms with van der Waals surface area (Å²) in [5.74, 6) is 0.184. The van der Waals surface area contributed by atoms with Crippen LogP contribution in [0.2, 0.25) is 0 Å². The number of H-pyrrole nitrogens is 1. The minimum atomic E-state index is 0.0865. The number of nitrogens with one attached hydrogen (secondary N) is 1. The van der Waals surface area contributed by atoms with E-state index >= 15 is 0 Å². The molecule has 0 saturated heterocycles. The molecule has 0 unspecified atom stereocenters. The predicted octanol–water partition coefficient (Wildman–Crippen LogP) is 21.6. The second-order valence-corrected chi connectivity index (χ2v) is 22.2. The van der Waals surface area contributed by atoms with Gasteiger partial charge in [-0.15, -0.1) is 0 Å². The summed E-state index contributed by atoms with van der Waals surface area (Å²) in [5.41, 5.74) is 21.8. The van der Waals surface area contributed by atoms with Crippen molar-refractivity contribution in [2.45, 2.75) is 13.8 Å². The Bertz CT molecular complexity index is 5600. The van der Waals surface area contributed by atoms with E-state index in [1.807, 2.05) is 135 Å². The molecule has 0 aliphatic heterocycles. The Hall–Kier alpha value is -11.6. The summed E-state index contributed by atoms with van der Waals surface area (Å²) < 4.78 is 10.9. The highest BCUT2D eigenvalue weighted by Crippen LogP contribution is 2.48. The Morgan fingerprint density at radius 2 is 0.716 bits per heavy atom. The molecule has 13 aromatic carbocycles. The van der Waals surface area contributed by atoms with Crippen molar-refractivity contribution in [3.05, 3.63) is 313 Å². The van der Waals surface area contributed by atoms with Gasteiger partial charge in [0, 0.05) is 82.2 Å². The smallest absolute Gasteiger partial charge is 0.196 e. The lowest BCUT2D eigenvalue weighted by atomic mass is 9.99. The highest BCUT2D eigenvalue weighted by atomic mass is 16.3. The Labute approximate surface area is 507 Å². The lowest BCUT2D eigenvalue weighted by Crippen LogP contribution is -2.01. The average molecular weight is 1130 g/mol. The van der Waals surface area contributed by atoms with E-state index in [1.54, 1.807) is 0 Å². The van der Waals surface area contributed by atoms with Gasteiger partial charge in [-0.3, -0.25) is 9.59 Å². The molecule has 0 spiro atoms. The molecule has 2 aliphatic carbocycles. The zero-order valence-corrected chi connectivity index (χ0v) is 48.3. The number of aromatic amines is 1. The number of benzene rings is 13. The summed E-state index contributed by atoms with van der Waals surface area (Å²) in [4.78, 5) is 31.3. The number of hydrogen-bond donors (Lipinski definition) is 1. The normalized spacial score (nSPS) is 12.0. The van der Waals surface area contributed by atoms with E-state index in [1.165, 1.54) is 10.8 Å². The lowest BCUT2D eigenvalue weighted by Gasteiger charge is -2.10. The minimum Gasteiger partial charge on any atom is -0.455 e. The summed E-state index contributed by atoms with van der Waals surface area (Å²) in [7, 11) is 0. The van der Waals surface area contributed by atoms with E-state index < -0.39 is 0 Å². The Morgan fingerprint density at radius 3 is 1.31 bits per heavy atom. The van der Waals surface area contributed by atoms with Gasteiger partial charge in [0.05, 0.1) is 33.2 Å². The van der Waals surface area contributed by atoms with E-state index in [0.29, 0.717) is 0 Å². The molecule has 1 N–H and O–H groups in total. The van der Waals surface area contributed by atoms with Gasteiger partial charge >= 0.3 is 0 Å². The van der Waals surface area contributed by atoms with Crippen molar-refractivity contribution in [3.8, 4) is 55.9 Å². The number of rotatable bonds is 4. The maximum Gasteiger partial charge on any atom is 0.196 e. The van der Waals surface area contributed by atoms with Crippen molar-refractivity contribution < 1.29 is 14.0 Å². The zero-order valence-electron chi connectivity index (χ0n) is 48.3. The van der Waals surface area contributed by atoms with Crippen LogP contribution in [0.4, 0.5) is 0 Å². The number of carbonyl (C=O) groups excluding carboxylic acids is 2.